The summed E-state index contributed by atoms with van der Waals surface area (Å²) in [5, 5.41) is 8.23. The van der Waals surface area contributed by atoms with Gasteiger partial charge in [-0.25, -0.2) is 4.98 Å². The quantitative estimate of drug-likeness (QED) is 0.464. The number of methoxy groups -OCH3 is 1. The highest BCUT2D eigenvalue weighted by Gasteiger charge is 2.19. The standard InChI is InChI=1S/C23H25N3O3S2/c1-23(2,3)19-13-31-22(25-19)26-21(28)17-10-5-6-11-18(17)30-14-20(27)24-15-8-7-9-16(12-15)29-4/h5-13H,14H2,1-4H3,(H,24,27)(H,25,26,28). The van der Waals surface area contributed by atoms with Gasteiger partial charge in [-0.15, -0.1) is 23.1 Å². The van der Waals surface area contributed by atoms with E-state index >= 15 is 0 Å². The highest BCUT2D eigenvalue weighted by Crippen LogP contribution is 2.28. The summed E-state index contributed by atoms with van der Waals surface area (Å²) in [6, 6.07) is 14.4. The first kappa shape index (κ1) is 22.8. The van der Waals surface area contributed by atoms with Gasteiger partial charge in [0.05, 0.1) is 24.1 Å². The van der Waals surface area contributed by atoms with Crippen LogP contribution in [0.2, 0.25) is 0 Å². The van der Waals surface area contributed by atoms with Crippen molar-refractivity contribution in [3.8, 4) is 5.75 Å². The summed E-state index contributed by atoms with van der Waals surface area (Å²) >= 11 is 2.72. The molecule has 3 aromatic rings. The Morgan fingerprint density at radius 2 is 1.87 bits per heavy atom. The summed E-state index contributed by atoms with van der Waals surface area (Å²) in [7, 11) is 1.58. The monoisotopic (exact) mass is 455 g/mol. The van der Waals surface area contributed by atoms with Gasteiger partial charge in [-0.1, -0.05) is 39.0 Å². The maximum atomic E-state index is 12.8. The summed E-state index contributed by atoms with van der Waals surface area (Å²) in [6.07, 6.45) is 0. The summed E-state index contributed by atoms with van der Waals surface area (Å²) in [4.78, 5) is 30.4. The molecular weight excluding hydrogens is 430 g/mol. The van der Waals surface area contributed by atoms with Gasteiger partial charge in [0, 0.05) is 27.4 Å². The van der Waals surface area contributed by atoms with Crippen molar-refractivity contribution in [2.24, 2.45) is 0 Å². The number of ether oxygens (including phenoxy) is 1. The molecule has 0 atom stereocenters. The number of rotatable bonds is 7. The molecule has 2 amide bonds. The minimum Gasteiger partial charge on any atom is -0.497 e. The van der Waals surface area contributed by atoms with E-state index in [1.165, 1.54) is 23.1 Å². The first-order chi connectivity index (χ1) is 14.8. The Balaban J connectivity index is 1.63. The zero-order chi connectivity index (χ0) is 22.4. The minimum atomic E-state index is -0.244. The lowest BCUT2D eigenvalue weighted by Gasteiger charge is -2.14. The van der Waals surface area contributed by atoms with E-state index in [4.69, 9.17) is 4.74 Å². The second-order valence-electron chi connectivity index (χ2n) is 7.81. The summed E-state index contributed by atoms with van der Waals surface area (Å²) in [5.41, 5.74) is 2.02. The number of amides is 2. The predicted octanol–water partition coefficient (Wildman–Crippen LogP) is 5.43. The Morgan fingerprint density at radius 3 is 2.58 bits per heavy atom. The Labute approximate surface area is 190 Å². The molecule has 31 heavy (non-hydrogen) atoms. The molecule has 0 aliphatic carbocycles. The van der Waals surface area contributed by atoms with Gasteiger partial charge in [0.2, 0.25) is 5.91 Å². The molecule has 8 heteroatoms. The molecule has 1 heterocycles. The van der Waals surface area contributed by atoms with Crippen LogP contribution in [0.15, 0.2) is 58.8 Å². The van der Waals surface area contributed by atoms with E-state index in [1.54, 1.807) is 31.4 Å². The van der Waals surface area contributed by atoms with Gasteiger partial charge in [-0.2, -0.15) is 0 Å². The van der Waals surface area contributed by atoms with Gasteiger partial charge < -0.3 is 10.1 Å². The van der Waals surface area contributed by atoms with E-state index < -0.39 is 0 Å². The number of carbonyl (C=O) groups excluding carboxylic acids is 2. The van der Waals surface area contributed by atoms with Crippen molar-refractivity contribution in [3.63, 3.8) is 0 Å². The molecule has 0 spiro atoms. The predicted molar refractivity (Wildman–Crippen MR) is 128 cm³/mol. The van der Waals surface area contributed by atoms with Gasteiger partial charge in [-0.05, 0) is 24.3 Å². The van der Waals surface area contributed by atoms with Crippen molar-refractivity contribution in [2.75, 3.05) is 23.5 Å². The molecule has 0 radical (unpaired) electrons. The van der Waals surface area contributed by atoms with Crippen molar-refractivity contribution in [1.29, 1.82) is 0 Å². The number of nitrogens with zero attached hydrogens (tertiary/aromatic N) is 1. The van der Waals surface area contributed by atoms with Crippen LogP contribution in [0, 0.1) is 0 Å². The Hall–Kier alpha value is -2.84. The lowest BCUT2D eigenvalue weighted by Crippen LogP contribution is -2.16. The normalized spacial score (nSPS) is 11.1. The number of hydrogen-bond acceptors (Lipinski definition) is 6. The number of aromatic nitrogens is 1. The van der Waals surface area contributed by atoms with E-state index in [0.717, 1.165) is 10.6 Å². The molecular formula is C23H25N3O3S2. The Kier molecular flexibility index (Phi) is 7.35. The molecule has 2 aromatic carbocycles. The van der Waals surface area contributed by atoms with Gasteiger partial charge in [0.1, 0.15) is 5.75 Å². The third-order valence-corrected chi connectivity index (χ3v) is 6.17. The SMILES string of the molecule is COc1cccc(NC(=O)CSc2ccccc2C(=O)Nc2nc(C(C)(C)C)cs2)c1. The van der Waals surface area contributed by atoms with Gasteiger partial charge >= 0.3 is 0 Å². The molecule has 0 saturated heterocycles. The van der Waals surface area contributed by atoms with Gasteiger partial charge in [0.15, 0.2) is 5.13 Å². The molecule has 6 nitrogen and oxygen atoms in total. The van der Waals surface area contributed by atoms with Gasteiger partial charge in [-0.3, -0.25) is 14.9 Å². The molecule has 0 aliphatic rings. The fourth-order valence-corrected chi connectivity index (χ4v) is 4.44. The second-order valence-corrected chi connectivity index (χ2v) is 9.68. The number of carbonyl (C=O) groups is 2. The van der Waals surface area contributed by atoms with E-state index in [1.807, 2.05) is 29.6 Å². The number of benzene rings is 2. The molecule has 0 fully saturated rings. The number of nitrogens with one attached hydrogen (secondary N) is 2. The average Bonchev–Trinajstić information content (AvgIpc) is 3.21. The average molecular weight is 456 g/mol. The van der Waals surface area contributed by atoms with Gasteiger partial charge in [0.25, 0.3) is 5.91 Å². The number of hydrogen-bond donors (Lipinski definition) is 2. The molecule has 0 aliphatic heterocycles. The van der Waals surface area contributed by atoms with Crippen LogP contribution in [0.1, 0.15) is 36.8 Å². The topological polar surface area (TPSA) is 80.3 Å². The van der Waals surface area contributed by atoms with Crippen LogP contribution >= 0.6 is 23.1 Å². The third kappa shape index (κ3) is 6.32. The number of thiazole rings is 1. The molecule has 162 valence electrons. The first-order valence-corrected chi connectivity index (χ1v) is 11.6. The maximum absolute atomic E-state index is 12.8. The van der Waals surface area contributed by atoms with Crippen LogP contribution in [0.25, 0.3) is 0 Å². The Morgan fingerprint density at radius 1 is 1.10 bits per heavy atom. The van der Waals surface area contributed by atoms with E-state index in [-0.39, 0.29) is 23.0 Å². The Bertz CT molecular complexity index is 1070. The van der Waals surface area contributed by atoms with Crippen molar-refractivity contribution in [3.05, 3.63) is 65.2 Å². The molecule has 0 saturated carbocycles. The van der Waals surface area contributed by atoms with Crippen molar-refractivity contribution in [1.82, 2.24) is 4.98 Å². The van der Waals surface area contributed by atoms with Crippen LogP contribution < -0.4 is 15.4 Å². The van der Waals surface area contributed by atoms with Crippen LogP contribution in [-0.4, -0.2) is 29.7 Å². The summed E-state index contributed by atoms with van der Waals surface area (Å²) in [5.74, 6) is 0.436. The number of thioether (sulfide) groups is 1. The lowest BCUT2D eigenvalue weighted by molar-refractivity contribution is -0.113. The number of anilines is 2. The van der Waals surface area contributed by atoms with E-state index in [0.29, 0.717) is 22.1 Å². The van der Waals surface area contributed by atoms with Crippen LogP contribution in [0.4, 0.5) is 10.8 Å². The zero-order valence-electron chi connectivity index (χ0n) is 17.9. The van der Waals surface area contributed by atoms with Crippen molar-refractivity contribution >= 4 is 45.7 Å². The van der Waals surface area contributed by atoms with Crippen molar-refractivity contribution < 1.29 is 14.3 Å². The maximum Gasteiger partial charge on any atom is 0.258 e. The lowest BCUT2D eigenvalue weighted by atomic mass is 9.93. The van der Waals surface area contributed by atoms with Crippen LogP contribution in [0.3, 0.4) is 0 Å². The van der Waals surface area contributed by atoms with Crippen LogP contribution in [0.5, 0.6) is 5.75 Å². The molecule has 2 N–H and O–H groups in total. The first-order valence-electron chi connectivity index (χ1n) is 9.69. The van der Waals surface area contributed by atoms with Crippen molar-refractivity contribution in [2.45, 2.75) is 31.1 Å². The molecule has 0 bridgehead atoms. The summed E-state index contributed by atoms with van der Waals surface area (Å²) < 4.78 is 5.17. The largest absolute Gasteiger partial charge is 0.497 e. The third-order valence-electron chi connectivity index (χ3n) is 4.34. The fraction of sp³-hybridized carbons (Fsp3) is 0.261. The molecule has 1 aromatic heterocycles. The van der Waals surface area contributed by atoms with Crippen LogP contribution in [-0.2, 0) is 10.2 Å². The van der Waals surface area contributed by atoms with E-state index in [9.17, 15) is 9.59 Å². The second kappa shape index (κ2) is 9.98. The van der Waals surface area contributed by atoms with E-state index in [2.05, 4.69) is 36.4 Å². The fourth-order valence-electron chi connectivity index (χ4n) is 2.66. The smallest absolute Gasteiger partial charge is 0.258 e. The minimum absolute atomic E-state index is 0.0800. The zero-order valence-corrected chi connectivity index (χ0v) is 19.5. The molecule has 3 rings (SSSR count). The summed E-state index contributed by atoms with van der Waals surface area (Å²) in [6.45, 7) is 6.24. The highest BCUT2D eigenvalue weighted by atomic mass is 32.2. The molecule has 0 unspecified atom stereocenters. The highest BCUT2D eigenvalue weighted by molar-refractivity contribution is 8.00.